The van der Waals surface area contributed by atoms with Gasteiger partial charge >= 0.3 is 0 Å². The minimum absolute atomic E-state index is 0.128. The van der Waals surface area contributed by atoms with Crippen molar-refractivity contribution < 1.29 is 13.9 Å². The van der Waals surface area contributed by atoms with Crippen molar-refractivity contribution in [3.63, 3.8) is 0 Å². The Bertz CT molecular complexity index is 704. The fraction of sp³-hybridized carbons (Fsp3) is 0.368. The van der Waals surface area contributed by atoms with E-state index >= 15 is 0 Å². The fourth-order valence-corrected chi connectivity index (χ4v) is 2.63. The van der Waals surface area contributed by atoms with Gasteiger partial charge in [-0.15, -0.1) is 0 Å². The maximum Gasteiger partial charge on any atom is 0.163 e. The summed E-state index contributed by atoms with van der Waals surface area (Å²) in [5.41, 5.74) is 1.47. The minimum Gasteiger partial charge on any atom is -0.490 e. The van der Waals surface area contributed by atoms with Crippen LogP contribution in [0.25, 0.3) is 0 Å². The second kappa shape index (κ2) is 7.86. The summed E-state index contributed by atoms with van der Waals surface area (Å²) < 4.78 is 25.1. The van der Waals surface area contributed by atoms with Crippen molar-refractivity contribution >= 4 is 11.6 Å². The highest BCUT2D eigenvalue weighted by molar-refractivity contribution is 6.31. The summed E-state index contributed by atoms with van der Waals surface area (Å²) in [6, 6.07) is 10.8. The lowest BCUT2D eigenvalue weighted by Crippen LogP contribution is -2.15. The van der Waals surface area contributed by atoms with Gasteiger partial charge in [0.2, 0.25) is 0 Å². The Morgan fingerprint density at radius 1 is 1.12 bits per heavy atom. The molecule has 0 aliphatic heterocycles. The molecule has 0 radical (unpaired) electrons. The van der Waals surface area contributed by atoms with Gasteiger partial charge in [-0.25, -0.2) is 4.39 Å². The first-order valence-corrected chi connectivity index (χ1v) is 8.60. The molecule has 0 unspecified atom stereocenters. The third kappa shape index (κ3) is 4.40. The molecular formula is C19H21ClFNO2. The van der Waals surface area contributed by atoms with E-state index in [-0.39, 0.29) is 12.4 Å². The Kier molecular flexibility index (Phi) is 5.59. The molecule has 0 spiro atoms. The topological polar surface area (TPSA) is 30.5 Å². The lowest BCUT2D eigenvalue weighted by Gasteiger charge is -2.15. The number of nitrogens with one attached hydrogen (secondary N) is 1. The van der Waals surface area contributed by atoms with Gasteiger partial charge in [-0.3, -0.25) is 0 Å². The lowest BCUT2D eigenvalue weighted by molar-refractivity contribution is 0.265. The normalized spacial score (nSPS) is 13.8. The van der Waals surface area contributed by atoms with Gasteiger partial charge in [0, 0.05) is 29.2 Å². The van der Waals surface area contributed by atoms with Gasteiger partial charge in [0.1, 0.15) is 12.4 Å². The van der Waals surface area contributed by atoms with E-state index < -0.39 is 0 Å². The molecule has 1 aliphatic carbocycles. The fourth-order valence-electron chi connectivity index (χ4n) is 2.41. The van der Waals surface area contributed by atoms with Crippen LogP contribution in [0.3, 0.4) is 0 Å². The number of rotatable bonds is 8. The van der Waals surface area contributed by atoms with Gasteiger partial charge in [0.25, 0.3) is 0 Å². The van der Waals surface area contributed by atoms with Crippen LogP contribution in [0.5, 0.6) is 11.5 Å². The first kappa shape index (κ1) is 17.1. The molecule has 0 heterocycles. The van der Waals surface area contributed by atoms with Gasteiger partial charge in [-0.2, -0.15) is 0 Å². The molecule has 3 rings (SSSR count). The van der Waals surface area contributed by atoms with Crippen LogP contribution < -0.4 is 14.8 Å². The number of ether oxygens (including phenoxy) is 2. The van der Waals surface area contributed by atoms with Crippen LogP contribution in [0.15, 0.2) is 36.4 Å². The van der Waals surface area contributed by atoms with E-state index in [0.29, 0.717) is 41.3 Å². The Morgan fingerprint density at radius 3 is 2.58 bits per heavy atom. The molecule has 0 atom stereocenters. The van der Waals surface area contributed by atoms with Gasteiger partial charge in [-0.05, 0) is 37.5 Å². The van der Waals surface area contributed by atoms with E-state index in [9.17, 15) is 4.39 Å². The maximum atomic E-state index is 13.7. The summed E-state index contributed by atoms with van der Waals surface area (Å²) >= 11 is 6.37. The van der Waals surface area contributed by atoms with Gasteiger partial charge in [0.05, 0.1) is 6.61 Å². The molecule has 0 amide bonds. The van der Waals surface area contributed by atoms with Crippen molar-refractivity contribution in [1.82, 2.24) is 5.32 Å². The van der Waals surface area contributed by atoms with Crippen LogP contribution in [-0.4, -0.2) is 12.6 Å². The zero-order chi connectivity index (χ0) is 16.9. The molecule has 0 bridgehead atoms. The van der Waals surface area contributed by atoms with E-state index in [2.05, 4.69) is 5.32 Å². The standard InChI is InChI=1S/C19H21ClFNO2/c1-2-23-18-9-14(11-22-15-7-8-15)16(20)10-19(18)24-12-13-5-3-4-6-17(13)21/h3-6,9-10,15,22H,2,7-8,11-12H2,1H3. The van der Waals surface area contributed by atoms with Gasteiger partial charge < -0.3 is 14.8 Å². The smallest absolute Gasteiger partial charge is 0.163 e. The molecule has 0 aromatic heterocycles. The first-order chi connectivity index (χ1) is 11.7. The lowest BCUT2D eigenvalue weighted by atomic mass is 10.2. The average molecular weight is 350 g/mol. The summed E-state index contributed by atoms with van der Waals surface area (Å²) in [4.78, 5) is 0. The van der Waals surface area contributed by atoms with E-state index in [1.54, 1.807) is 24.3 Å². The average Bonchev–Trinajstić information content (AvgIpc) is 3.39. The van der Waals surface area contributed by atoms with Crippen molar-refractivity contribution in [3.05, 3.63) is 58.4 Å². The highest BCUT2D eigenvalue weighted by Gasteiger charge is 2.21. The van der Waals surface area contributed by atoms with E-state index in [1.165, 1.54) is 18.9 Å². The summed E-state index contributed by atoms with van der Waals surface area (Å²) in [5.74, 6) is 0.873. The molecule has 3 nitrogen and oxygen atoms in total. The molecule has 5 heteroatoms. The van der Waals surface area contributed by atoms with E-state index in [4.69, 9.17) is 21.1 Å². The second-order valence-electron chi connectivity index (χ2n) is 5.86. The summed E-state index contributed by atoms with van der Waals surface area (Å²) in [5, 5.41) is 4.06. The molecule has 1 fully saturated rings. The Labute approximate surface area is 146 Å². The van der Waals surface area contributed by atoms with Crippen LogP contribution in [0.4, 0.5) is 4.39 Å². The van der Waals surface area contributed by atoms with Gasteiger partial charge in [0.15, 0.2) is 11.5 Å². The first-order valence-electron chi connectivity index (χ1n) is 8.22. The van der Waals surface area contributed by atoms with E-state index in [0.717, 1.165) is 5.56 Å². The number of halogens is 2. The SMILES string of the molecule is CCOc1cc(CNC2CC2)c(Cl)cc1OCc1ccccc1F. The van der Waals surface area contributed by atoms with Gasteiger partial charge in [-0.1, -0.05) is 29.8 Å². The molecule has 128 valence electrons. The number of benzene rings is 2. The van der Waals surface area contributed by atoms with Crippen LogP contribution in [-0.2, 0) is 13.2 Å². The predicted octanol–water partition coefficient (Wildman–Crippen LogP) is 4.71. The maximum absolute atomic E-state index is 13.7. The van der Waals surface area contributed by atoms with E-state index in [1.807, 2.05) is 13.0 Å². The third-order valence-corrected chi connectivity index (χ3v) is 4.26. The molecule has 1 aliphatic rings. The zero-order valence-corrected chi connectivity index (χ0v) is 14.4. The summed E-state index contributed by atoms with van der Waals surface area (Å²) in [6.45, 7) is 3.27. The van der Waals surface area contributed by atoms with Crippen LogP contribution in [0.2, 0.25) is 5.02 Å². The molecule has 2 aromatic rings. The van der Waals surface area contributed by atoms with Crippen molar-refractivity contribution in [1.29, 1.82) is 0 Å². The van der Waals surface area contributed by atoms with Crippen LogP contribution in [0.1, 0.15) is 30.9 Å². The van der Waals surface area contributed by atoms with Crippen molar-refractivity contribution in [3.8, 4) is 11.5 Å². The summed E-state index contributed by atoms with van der Waals surface area (Å²) in [7, 11) is 0. The van der Waals surface area contributed by atoms with Crippen LogP contribution in [0, 0.1) is 5.82 Å². The zero-order valence-electron chi connectivity index (χ0n) is 13.6. The molecular weight excluding hydrogens is 329 g/mol. The van der Waals surface area contributed by atoms with Crippen molar-refractivity contribution in [2.75, 3.05) is 6.61 Å². The molecule has 24 heavy (non-hydrogen) atoms. The van der Waals surface area contributed by atoms with Crippen molar-refractivity contribution in [2.45, 2.75) is 39.0 Å². The third-order valence-electron chi connectivity index (χ3n) is 3.91. The molecule has 1 N–H and O–H groups in total. The van der Waals surface area contributed by atoms with Crippen LogP contribution >= 0.6 is 11.6 Å². The number of hydrogen-bond acceptors (Lipinski definition) is 3. The monoisotopic (exact) mass is 349 g/mol. The predicted molar refractivity (Wildman–Crippen MR) is 93.2 cm³/mol. The Balaban J connectivity index is 1.75. The summed E-state index contributed by atoms with van der Waals surface area (Å²) in [6.07, 6.45) is 2.44. The molecule has 0 saturated heterocycles. The Morgan fingerprint density at radius 2 is 1.88 bits per heavy atom. The molecule has 1 saturated carbocycles. The Hall–Kier alpha value is -1.78. The second-order valence-corrected chi connectivity index (χ2v) is 6.27. The number of hydrogen-bond donors (Lipinski definition) is 1. The highest BCUT2D eigenvalue weighted by atomic mass is 35.5. The highest BCUT2D eigenvalue weighted by Crippen LogP contribution is 2.34. The largest absolute Gasteiger partial charge is 0.490 e. The van der Waals surface area contributed by atoms with Crippen molar-refractivity contribution in [2.24, 2.45) is 0 Å². The quantitative estimate of drug-likeness (QED) is 0.748. The molecule has 2 aromatic carbocycles. The minimum atomic E-state index is -0.285.